The molecule has 0 amide bonds. The van der Waals surface area contributed by atoms with Gasteiger partial charge in [-0.2, -0.15) is 0 Å². The summed E-state index contributed by atoms with van der Waals surface area (Å²) in [6.07, 6.45) is 24.9. The van der Waals surface area contributed by atoms with Crippen molar-refractivity contribution in [1.29, 1.82) is 0 Å². The molecular formula is C40H83NO5. The Hall–Kier alpha value is -1.14. The lowest BCUT2D eigenvalue weighted by Crippen LogP contribution is -2.25. The van der Waals surface area contributed by atoms with Crippen LogP contribution in [0, 0.1) is 11.8 Å². The minimum atomic E-state index is 0.0189. The Balaban J connectivity index is -0.000000823. The van der Waals surface area contributed by atoms with E-state index in [0.29, 0.717) is 19.8 Å². The van der Waals surface area contributed by atoms with Crippen molar-refractivity contribution < 1.29 is 24.2 Å². The topological polar surface area (TPSA) is 76.1 Å². The average Bonchev–Trinajstić information content (AvgIpc) is 3.06. The Bertz CT molecular complexity index is 600. The van der Waals surface area contributed by atoms with Gasteiger partial charge in [0.25, 0.3) is 0 Å². The van der Waals surface area contributed by atoms with Gasteiger partial charge in [0.15, 0.2) is 0 Å². The van der Waals surface area contributed by atoms with E-state index in [1.807, 2.05) is 0 Å². The molecule has 0 aliphatic heterocycles. The Labute approximate surface area is 288 Å². The third-order valence-electron chi connectivity index (χ3n) is 8.40. The Kier molecular flexibility index (Phi) is 44.8. The first kappa shape index (κ1) is 49.2. The molecule has 0 saturated heterocycles. The molecule has 2 atom stereocenters. The van der Waals surface area contributed by atoms with Crippen molar-refractivity contribution in [3.63, 3.8) is 0 Å². The lowest BCUT2D eigenvalue weighted by molar-refractivity contribution is -0.150. The smallest absolute Gasteiger partial charge is 0.308 e. The van der Waals surface area contributed by atoms with Crippen LogP contribution in [0.5, 0.6) is 0 Å². The van der Waals surface area contributed by atoms with Crippen LogP contribution in [0.25, 0.3) is 0 Å². The number of carbonyl (C=O) groups is 2. The van der Waals surface area contributed by atoms with E-state index < -0.39 is 0 Å². The number of carbonyl (C=O) groups excluding carboxylic acids is 2. The first-order valence-corrected chi connectivity index (χ1v) is 20.0. The quantitative estimate of drug-likeness (QED) is 0.0612. The van der Waals surface area contributed by atoms with Gasteiger partial charge in [0.2, 0.25) is 0 Å². The van der Waals surface area contributed by atoms with Crippen molar-refractivity contribution in [2.24, 2.45) is 11.8 Å². The van der Waals surface area contributed by atoms with E-state index in [0.717, 1.165) is 90.1 Å². The second kappa shape index (κ2) is 41.9. The Morgan fingerprint density at radius 1 is 0.522 bits per heavy atom. The van der Waals surface area contributed by atoms with Crippen molar-refractivity contribution in [3.8, 4) is 0 Å². The molecule has 0 saturated carbocycles. The molecule has 0 radical (unpaired) electrons. The van der Waals surface area contributed by atoms with E-state index >= 15 is 0 Å². The molecule has 0 heterocycles. The molecule has 0 fully saturated rings. The number of ether oxygens (including phenoxy) is 2. The molecule has 46 heavy (non-hydrogen) atoms. The lowest BCUT2D eigenvalue weighted by Gasteiger charge is -2.19. The zero-order valence-electron chi connectivity index (χ0n) is 32.5. The number of rotatable bonds is 30. The van der Waals surface area contributed by atoms with Gasteiger partial charge in [0.05, 0.1) is 25.0 Å². The maximum Gasteiger partial charge on any atom is 0.308 e. The number of hydrogen-bond donors (Lipinski definition) is 1. The zero-order chi connectivity index (χ0) is 35.1. The molecule has 0 spiro atoms. The highest BCUT2D eigenvalue weighted by Gasteiger charge is 2.17. The largest absolute Gasteiger partial charge is 0.465 e. The fourth-order valence-electron chi connectivity index (χ4n) is 5.18. The van der Waals surface area contributed by atoms with E-state index in [2.05, 4.69) is 60.3 Å². The average molecular weight is 658 g/mol. The van der Waals surface area contributed by atoms with E-state index in [-0.39, 0.29) is 23.8 Å². The molecule has 2 unspecified atom stereocenters. The minimum absolute atomic E-state index is 0.0189. The Morgan fingerprint density at radius 3 is 1.26 bits per heavy atom. The summed E-state index contributed by atoms with van der Waals surface area (Å²) < 4.78 is 10.8. The molecular weight excluding hydrogens is 574 g/mol. The van der Waals surface area contributed by atoms with Gasteiger partial charge < -0.3 is 19.5 Å². The maximum absolute atomic E-state index is 12.0. The highest BCUT2D eigenvalue weighted by atomic mass is 16.5. The predicted octanol–water partition coefficient (Wildman–Crippen LogP) is 11.3. The van der Waals surface area contributed by atoms with Crippen LogP contribution in [-0.2, 0) is 19.1 Å². The van der Waals surface area contributed by atoms with Crippen LogP contribution in [0.2, 0.25) is 0 Å². The summed E-state index contributed by atoms with van der Waals surface area (Å²) in [4.78, 5) is 26.2. The van der Waals surface area contributed by atoms with Gasteiger partial charge in [-0.05, 0) is 77.4 Å². The van der Waals surface area contributed by atoms with Crippen LogP contribution >= 0.6 is 0 Å². The van der Waals surface area contributed by atoms with E-state index in [1.165, 1.54) is 70.8 Å². The van der Waals surface area contributed by atoms with Gasteiger partial charge in [-0.1, -0.05) is 139 Å². The maximum atomic E-state index is 12.0. The molecule has 0 aromatic rings. The standard InChI is InChI=1S/C23H47NO3.C14H28O2.C3H8/c1-4-7-17-22(5-2)23(26)27-21-16-12-10-8-9-11-13-18-24(6-3)19-14-15-20-25;1-4-7-9-10-12-16-14(15)13(6-3)11-8-5-2;1-3-2/h22,25H,4-21H2,1-3H3;13H,4-12H2,1-3H3;3H2,1-2H3. The second-order valence-corrected chi connectivity index (χ2v) is 12.9. The molecule has 1 N–H and O–H groups in total. The fourth-order valence-corrected chi connectivity index (χ4v) is 5.18. The third kappa shape index (κ3) is 35.7. The van der Waals surface area contributed by atoms with Crippen molar-refractivity contribution in [2.45, 2.75) is 197 Å². The molecule has 278 valence electrons. The van der Waals surface area contributed by atoms with E-state index in [9.17, 15) is 9.59 Å². The van der Waals surface area contributed by atoms with Crippen LogP contribution in [0.15, 0.2) is 0 Å². The van der Waals surface area contributed by atoms with Gasteiger partial charge >= 0.3 is 11.9 Å². The predicted molar refractivity (Wildman–Crippen MR) is 199 cm³/mol. The van der Waals surface area contributed by atoms with Crippen LogP contribution in [0.4, 0.5) is 0 Å². The summed E-state index contributed by atoms with van der Waals surface area (Å²) in [7, 11) is 0. The van der Waals surface area contributed by atoms with Crippen LogP contribution in [-0.4, -0.2) is 61.4 Å². The minimum Gasteiger partial charge on any atom is -0.465 e. The number of hydrogen-bond acceptors (Lipinski definition) is 6. The second-order valence-electron chi connectivity index (χ2n) is 12.9. The van der Waals surface area contributed by atoms with E-state index in [1.54, 1.807) is 0 Å². The normalized spacial score (nSPS) is 12.0. The van der Waals surface area contributed by atoms with Crippen molar-refractivity contribution in [3.05, 3.63) is 0 Å². The summed E-state index contributed by atoms with van der Waals surface area (Å²) in [6, 6.07) is 0. The molecule has 0 aromatic carbocycles. The summed E-state index contributed by atoms with van der Waals surface area (Å²) >= 11 is 0. The SMILES string of the molecule is CCC.CCCCC(CC)C(=O)OCCCCCCCCCN(CC)CCCCO.CCCCCCOC(=O)C(CC)CCCC. The van der Waals surface area contributed by atoms with Crippen LogP contribution in [0.1, 0.15) is 197 Å². The molecule has 0 rings (SSSR count). The lowest BCUT2D eigenvalue weighted by atomic mass is 10.00. The highest BCUT2D eigenvalue weighted by molar-refractivity contribution is 5.72. The number of esters is 2. The number of unbranched alkanes of at least 4 members (excludes halogenated alkanes) is 12. The summed E-state index contributed by atoms with van der Waals surface area (Å²) in [5.74, 6) is 0.278. The molecule has 0 aromatic heterocycles. The van der Waals surface area contributed by atoms with Gasteiger partial charge in [-0.25, -0.2) is 0 Å². The zero-order valence-corrected chi connectivity index (χ0v) is 32.5. The summed E-state index contributed by atoms with van der Waals surface area (Å²) in [6.45, 7) is 22.1. The molecule has 0 bridgehead atoms. The summed E-state index contributed by atoms with van der Waals surface area (Å²) in [5, 5.41) is 8.85. The molecule has 6 nitrogen and oxygen atoms in total. The molecule has 0 aliphatic rings. The first-order chi connectivity index (χ1) is 22.4. The van der Waals surface area contributed by atoms with Gasteiger partial charge in [0, 0.05) is 6.61 Å². The van der Waals surface area contributed by atoms with Gasteiger partial charge in [-0.15, -0.1) is 0 Å². The fraction of sp³-hybridized carbons (Fsp3) is 0.950. The van der Waals surface area contributed by atoms with Crippen molar-refractivity contribution in [2.75, 3.05) is 39.5 Å². The van der Waals surface area contributed by atoms with E-state index in [4.69, 9.17) is 14.6 Å². The number of aliphatic hydroxyl groups is 1. The molecule has 0 aliphatic carbocycles. The van der Waals surface area contributed by atoms with Crippen molar-refractivity contribution >= 4 is 11.9 Å². The van der Waals surface area contributed by atoms with Crippen molar-refractivity contribution in [1.82, 2.24) is 4.90 Å². The summed E-state index contributed by atoms with van der Waals surface area (Å²) in [5.41, 5.74) is 0. The van der Waals surface area contributed by atoms with Gasteiger partial charge in [0.1, 0.15) is 0 Å². The third-order valence-corrected chi connectivity index (χ3v) is 8.40. The first-order valence-electron chi connectivity index (χ1n) is 20.0. The monoisotopic (exact) mass is 658 g/mol. The van der Waals surface area contributed by atoms with Crippen LogP contribution in [0.3, 0.4) is 0 Å². The highest BCUT2D eigenvalue weighted by Crippen LogP contribution is 2.16. The number of aliphatic hydroxyl groups excluding tert-OH is 1. The molecule has 6 heteroatoms. The van der Waals surface area contributed by atoms with Crippen LogP contribution < -0.4 is 0 Å². The van der Waals surface area contributed by atoms with Gasteiger partial charge in [-0.3, -0.25) is 9.59 Å². The Morgan fingerprint density at radius 2 is 0.891 bits per heavy atom. The number of nitrogens with zero attached hydrogens (tertiary/aromatic N) is 1.